The average Bonchev–Trinajstić information content (AvgIpc) is 3.47. The number of ether oxygens (including phenoxy) is 13. The Labute approximate surface area is 457 Å². The van der Waals surface area contributed by atoms with Crippen molar-refractivity contribution in [2.24, 2.45) is 0 Å². The largest absolute Gasteiger partial charge is 0.394 e. The highest BCUT2D eigenvalue weighted by molar-refractivity contribution is 5.73. The molecule has 37 heteroatoms. The van der Waals surface area contributed by atoms with Crippen LogP contribution in [-0.4, -0.2) is 379 Å². The Hall–Kier alpha value is -1.93. The minimum absolute atomic E-state index is 0.731. The van der Waals surface area contributed by atoms with Crippen LogP contribution in [0, 0.1) is 0 Å². The van der Waals surface area contributed by atoms with Crippen LogP contribution in [0.1, 0.15) is 6.92 Å². The van der Waals surface area contributed by atoms with Crippen LogP contribution in [0.4, 0.5) is 0 Å². The molecule has 7 aliphatic rings. The highest BCUT2D eigenvalue weighted by Gasteiger charge is 2.56. The van der Waals surface area contributed by atoms with Crippen LogP contribution in [0.2, 0.25) is 0 Å². The van der Waals surface area contributed by atoms with Gasteiger partial charge in [0.15, 0.2) is 44.0 Å². The van der Waals surface area contributed by atoms with Crippen LogP contribution in [0.25, 0.3) is 0 Å². The van der Waals surface area contributed by atoms with E-state index in [2.05, 4.69) is 5.32 Å². The topological polar surface area (TPSA) is 594 Å². The molecular formula is C44H75NO36. The van der Waals surface area contributed by atoms with Gasteiger partial charge in [-0.3, -0.25) is 4.79 Å². The summed E-state index contributed by atoms with van der Waals surface area (Å²) in [5.74, 6) is -0.731. The van der Waals surface area contributed by atoms with E-state index in [1.165, 1.54) is 0 Å². The van der Waals surface area contributed by atoms with Gasteiger partial charge in [0.05, 0.1) is 46.2 Å². The number of rotatable bonds is 20. The molecular weight excluding hydrogens is 1120 g/mol. The Morgan fingerprint density at radius 1 is 0.321 bits per heavy atom. The van der Waals surface area contributed by atoms with E-state index in [1.807, 2.05) is 0 Å². The van der Waals surface area contributed by atoms with Crippen LogP contribution in [-0.2, 0) is 66.4 Å². The molecule has 472 valence electrons. The fourth-order valence-electron chi connectivity index (χ4n) is 9.98. The van der Waals surface area contributed by atoms with Crippen molar-refractivity contribution in [3.63, 3.8) is 0 Å². The van der Waals surface area contributed by atoms with Crippen molar-refractivity contribution in [2.75, 3.05) is 46.2 Å². The quantitative estimate of drug-likeness (QED) is 0.0538. The molecule has 7 aliphatic heterocycles. The number of aliphatic hydroxyl groups is 22. The second kappa shape index (κ2) is 28.7. The third-order valence-electron chi connectivity index (χ3n) is 14.9. The lowest BCUT2D eigenvalue weighted by molar-refractivity contribution is -0.374. The van der Waals surface area contributed by atoms with Gasteiger partial charge in [-0.1, -0.05) is 0 Å². The molecule has 0 saturated carbocycles. The summed E-state index contributed by atoms with van der Waals surface area (Å²) in [4.78, 5) is 12.1. The van der Waals surface area contributed by atoms with Gasteiger partial charge in [0.25, 0.3) is 0 Å². The van der Waals surface area contributed by atoms with E-state index in [4.69, 9.17) is 61.6 Å². The Balaban J connectivity index is 1.07. The standard InChI is InChI=1S/C44H75NO36/c1-9(49)45-17-25(57)18(50)10(2-46)74-39(17)69-7-15-23(55)36(80-43-32(64)27(59)19(51)11(3-47)75-43)35(67)42(78-15)72-6-14-22(54)29(61)31(63)40(77-14)70-8-16-24(56)37(81-44-33(65)28(60)20(52)12(4-48)76-44)34(66)41(79-16)71-5-13-21(53)26(58)30(62)38(68)73-13/h10-44,46-48,50-68H,2-8H2,1H3,(H,45,49)/t10-,11-,12-,13-,14-,15-,16-,17-,18-,19-,20-,21-,22-,23-,24-,25-,26+,27+,28+,29+,30-,31-,32-,33-,34-,35-,36+,37+,38?,39-,40-,41-,42-,43+,44+/m1/s1. The first kappa shape index (κ1) is 66.6. The predicted octanol–water partition coefficient (Wildman–Crippen LogP) is -16.1. The Bertz CT molecular complexity index is 1940. The van der Waals surface area contributed by atoms with Gasteiger partial charge in [-0.15, -0.1) is 0 Å². The summed E-state index contributed by atoms with van der Waals surface area (Å²) in [5.41, 5.74) is 0. The van der Waals surface area contributed by atoms with E-state index in [9.17, 15) is 117 Å². The first-order valence-electron chi connectivity index (χ1n) is 25.6. The monoisotopic (exact) mass is 1190 g/mol. The van der Waals surface area contributed by atoms with Crippen molar-refractivity contribution in [3.8, 4) is 0 Å². The van der Waals surface area contributed by atoms with Crippen molar-refractivity contribution in [1.29, 1.82) is 0 Å². The third-order valence-corrected chi connectivity index (χ3v) is 14.9. The first-order valence-corrected chi connectivity index (χ1v) is 25.6. The summed E-state index contributed by atoms with van der Waals surface area (Å²) in [6.07, 6.45) is -65.5. The lowest BCUT2D eigenvalue weighted by atomic mass is 9.96. The fourth-order valence-corrected chi connectivity index (χ4v) is 9.98. The van der Waals surface area contributed by atoms with Gasteiger partial charge in [0, 0.05) is 6.92 Å². The van der Waals surface area contributed by atoms with E-state index in [-0.39, 0.29) is 0 Å². The van der Waals surface area contributed by atoms with Crippen molar-refractivity contribution < 1.29 is 179 Å². The summed E-state index contributed by atoms with van der Waals surface area (Å²) in [6, 6.07) is -1.51. The van der Waals surface area contributed by atoms with Crippen LogP contribution in [0.3, 0.4) is 0 Å². The molecule has 7 rings (SSSR count). The van der Waals surface area contributed by atoms with Crippen LogP contribution in [0.5, 0.6) is 0 Å². The first-order chi connectivity index (χ1) is 38.2. The van der Waals surface area contributed by atoms with E-state index in [1.54, 1.807) is 0 Å². The van der Waals surface area contributed by atoms with Gasteiger partial charge in [-0.2, -0.15) is 0 Å². The molecule has 7 fully saturated rings. The van der Waals surface area contributed by atoms with Crippen LogP contribution >= 0.6 is 0 Å². The van der Waals surface area contributed by atoms with E-state index in [0.717, 1.165) is 6.92 Å². The van der Waals surface area contributed by atoms with Crippen LogP contribution < -0.4 is 5.32 Å². The molecule has 0 aliphatic carbocycles. The summed E-state index contributed by atoms with van der Waals surface area (Å²) in [6.45, 7) is -5.21. The maximum Gasteiger partial charge on any atom is 0.217 e. The molecule has 1 amide bonds. The van der Waals surface area contributed by atoms with Gasteiger partial charge in [0.1, 0.15) is 171 Å². The molecule has 0 radical (unpaired) electrons. The molecule has 35 atom stereocenters. The highest BCUT2D eigenvalue weighted by atomic mass is 16.8. The van der Waals surface area contributed by atoms with Crippen molar-refractivity contribution in [1.82, 2.24) is 5.32 Å². The second-order valence-corrected chi connectivity index (χ2v) is 20.5. The number of carbonyl (C=O) groups is 1. The van der Waals surface area contributed by atoms with Crippen molar-refractivity contribution in [3.05, 3.63) is 0 Å². The number of hydrogen-bond acceptors (Lipinski definition) is 36. The summed E-state index contributed by atoms with van der Waals surface area (Å²) in [7, 11) is 0. The molecule has 0 aromatic rings. The van der Waals surface area contributed by atoms with Crippen molar-refractivity contribution in [2.45, 2.75) is 222 Å². The lowest BCUT2D eigenvalue weighted by Crippen LogP contribution is -2.66. The number of nitrogens with one attached hydrogen (secondary N) is 1. The second-order valence-electron chi connectivity index (χ2n) is 20.5. The molecule has 23 N–H and O–H groups in total. The molecule has 1 unspecified atom stereocenters. The highest BCUT2D eigenvalue weighted by Crippen LogP contribution is 2.35. The smallest absolute Gasteiger partial charge is 0.217 e. The summed E-state index contributed by atoms with van der Waals surface area (Å²) in [5, 5.41) is 236. The summed E-state index contributed by atoms with van der Waals surface area (Å²) < 4.78 is 73.0. The minimum atomic E-state index is -2.18. The lowest BCUT2D eigenvalue weighted by Gasteiger charge is -2.47. The average molecular weight is 1190 g/mol. The maximum atomic E-state index is 12.1. The minimum Gasteiger partial charge on any atom is -0.394 e. The van der Waals surface area contributed by atoms with E-state index >= 15 is 0 Å². The van der Waals surface area contributed by atoms with Gasteiger partial charge in [-0.05, 0) is 0 Å². The molecule has 7 saturated heterocycles. The Morgan fingerprint density at radius 2 is 0.605 bits per heavy atom. The number of aliphatic hydroxyl groups excluding tert-OH is 22. The molecule has 81 heavy (non-hydrogen) atoms. The van der Waals surface area contributed by atoms with Gasteiger partial charge in [-0.25, -0.2) is 0 Å². The SMILES string of the molecule is CC(=O)N[C@H]1[C@H](OC[C@H]2O[C@@H](OC[C@H]3O[C@@H](OC[C@H]4O[C@@H](OC[C@H]5OC(O)[C@H](O)[C@@H](O)[C@@H]5O)[C@H](O)[C@@H](O[C@@H]5O[C@H](CO)[C@@H](O)[C@H](O)[C@H]5O)[C@@H]4O)[C@H](O)[C@@H](O)[C@@H]3O)[C@H](O)[C@@H](O[C@@H]3O[C@H](CO)[C@@H](O)[C@H](O)[C@H]3O)[C@@H]2O)O[C@H](CO)[C@@H](O)[C@@H]1O. The molecule has 0 aromatic heterocycles. The Morgan fingerprint density at radius 3 is 0.988 bits per heavy atom. The van der Waals surface area contributed by atoms with Gasteiger partial charge < -0.3 is 179 Å². The Kier molecular flexibility index (Phi) is 23.6. The zero-order valence-corrected chi connectivity index (χ0v) is 42.7. The van der Waals surface area contributed by atoms with Gasteiger partial charge >= 0.3 is 0 Å². The molecule has 0 bridgehead atoms. The third kappa shape index (κ3) is 14.6. The van der Waals surface area contributed by atoms with Crippen molar-refractivity contribution >= 4 is 5.91 Å². The zero-order chi connectivity index (χ0) is 59.6. The zero-order valence-electron chi connectivity index (χ0n) is 42.7. The predicted molar refractivity (Wildman–Crippen MR) is 243 cm³/mol. The molecule has 0 aromatic carbocycles. The number of carbonyl (C=O) groups excluding carboxylic acids is 1. The maximum absolute atomic E-state index is 12.1. The normalized spacial score (nSPS) is 51.9. The summed E-state index contributed by atoms with van der Waals surface area (Å²) >= 11 is 0. The van der Waals surface area contributed by atoms with Gasteiger partial charge in [0.2, 0.25) is 5.91 Å². The van der Waals surface area contributed by atoms with E-state index < -0.39 is 267 Å². The number of amides is 1. The van der Waals surface area contributed by atoms with E-state index in [0.29, 0.717) is 0 Å². The molecule has 0 spiro atoms. The fraction of sp³-hybridized carbons (Fsp3) is 0.977. The molecule has 7 heterocycles. The number of hydrogen-bond donors (Lipinski definition) is 23. The molecule has 37 nitrogen and oxygen atoms in total. The van der Waals surface area contributed by atoms with Crippen LogP contribution in [0.15, 0.2) is 0 Å².